The second-order valence-corrected chi connectivity index (χ2v) is 5.52. The van der Waals surface area contributed by atoms with E-state index in [-0.39, 0.29) is 5.82 Å². The van der Waals surface area contributed by atoms with Crippen LogP contribution in [0.4, 0.5) is 16.0 Å². The lowest BCUT2D eigenvalue weighted by molar-refractivity contribution is 0.625. The van der Waals surface area contributed by atoms with Gasteiger partial charge >= 0.3 is 0 Å². The molecule has 0 spiro atoms. The first-order valence-electron chi connectivity index (χ1n) is 7.26. The fraction of sp³-hybridized carbons (Fsp3) is 0.375. The average molecular weight is 286 g/mol. The quantitative estimate of drug-likeness (QED) is 0.886. The van der Waals surface area contributed by atoms with Crippen molar-refractivity contribution in [2.75, 3.05) is 17.6 Å². The van der Waals surface area contributed by atoms with Gasteiger partial charge < -0.3 is 11.1 Å². The second-order valence-electron chi connectivity index (χ2n) is 5.52. The predicted octanol–water partition coefficient (Wildman–Crippen LogP) is 3.04. The third kappa shape index (κ3) is 3.29. The van der Waals surface area contributed by atoms with E-state index >= 15 is 0 Å². The van der Waals surface area contributed by atoms with Crippen LogP contribution in [0, 0.1) is 12.7 Å². The zero-order valence-electron chi connectivity index (χ0n) is 12.1. The normalized spacial score (nSPS) is 14.2. The highest BCUT2D eigenvalue weighted by molar-refractivity contribution is 5.55. The fourth-order valence-corrected chi connectivity index (χ4v) is 2.27. The third-order valence-corrected chi connectivity index (χ3v) is 3.74. The van der Waals surface area contributed by atoms with Gasteiger partial charge in [0.05, 0.1) is 0 Å². The van der Waals surface area contributed by atoms with E-state index < -0.39 is 0 Å². The first-order valence-corrected chi connectivity index (χ1v) is 7.26. The Labute approximate surface area is 123 Å². The molecule has 21 heavy (non-hydrogen) atoms. The zero-order valence-corrected chi connectivity index (χ0v) is 12.1. The number of nitrogen functional groups attached to an aromatic ring is 1. The number of hydrogen-bond donors (Lipinski definition) is 2. The van der Waals surface area contributed by atoms with Crippen molar-refractivity contribution >= 4 is 11.6 Å². The van der Waals surface area contributed by atoms with Gasteiger partial charge in [-0.25, -0.2) is 14.4 Å². The summed E-state index contributed by atoms with van der Waals surface area (Å²) in [5, 5.41) is 3.29. The maximum absolute atomic E-state index is 13.1. The van der Waals surface area contributed by atoms with Crippen LogP contribution >= 0.6 is 0 Å². The summed E-state index contributed by atoms with van der Waals surface area (Å²) in [6, 6.07) is 6.65. The molecule has 2 aromatic rings. The standard InChI is InChI=1S/C16H19FN4/c1-10-14(18)20-16(12-5-6-12)21-15(10)19-8-7-11-3-2-4-13(17)9-11/h2-4,9,12H,5-8H2,1H3,(H3,18,19,20,21). The Morgan fingerprint density at radius 1 is 1.33 bits per heavy atom. The Morgan fingerprint density at radius 3 is 2.86 bits per heavy atom. The number of hydrogen-bond acceptors (Lipinski definition) is 4. The van der Waals surface area contributed by atoms with E-state index in [1.54, 1.807) is 12.1 Å². The molecule has 1 fully saturated rings. The summed E-state index contributed by atoms with van der Waals surface area (Å²) in [6.45, 7) is 2.60. The number of benzene rings is 1. The molecule has 3 rings (SSSR count). The Hall–Kier alpha value is -2.17. The van der Waals surface area contributed by atoms with Gasteiger partial charge in [0.2, 0.25) is 0 Å². The van der Waals surface area contributed by atoms with Crippen LogP contribution in [0.2, 0.25) is 0 Å². The number of nitrogens with zero attached hydrogens (tertiary/aromatic N) is 2. The lowest BCUT2D eigenvalue weighted by atomic mass is 10.1. The van der Waals surface area contributed by atoms with Crippen molar-refractivity contribution in [3.63, 3.8) is 0 Å². The molecule has 1 heterocycles. The van der Waals surface area contributed by atoms with Crippen molar-refractivity contribution in [2.24, 2.45) is 0 Å². The summed E-state index contributed by atoms with van der Waals surface area (Å²) < 4.78 is 13.1. The highest BCUT2D eigenvalue weighted by Gasteiger charge is 2.27. The van der Waals surface area contributed by atoms with Crippen molar-refractivity contribution in [2.45, 2.75) is 32.1 Å². The van der Waals surface area contributed by atoms with E-state index in [1.807, 2.05) is 13.0 Å². The van der Waals surface area contributed by atoms with E-state index in [1.165, 1.54) is 6.07 Å². The van der Waals surface area contributed by atoms with Crippen LogP contribution in [0.25, 0.3) is 0 Å². The van der Waals surface area contributed by atoms with E-state index in [4.69, 9.17) is 5.73 Å². The fourth-order valence-electron chi connectivity index (χ4n) is 2.27. The molecular weight excluding hydrogens is 267 g/mol. The Morgan fingerprint density at radius 2 is 2.14 bits per heavy atom. The van der Waals surface area contributed by atoms with Crippen LogP contribution in [0.5, 0.6) is 0 Å². The van der Waals surface area contributed by atoms with Gasteiger partial charge in [-0.3, -0.25) is 0 Å². The topological polar surface area (TPSA) is 63.8 Å². The molecule has 1 aliphatic rings. The third-order valence-electron chi connectivity index (χ3n) is 3.74. The summed E-state index contributed by atoms with van der Waals surface area (Å²) >= 11 is 0. The molecule has 0 saturated heterocycles. The molecule has 1 saturated carbocycles. The van der Waals surface area contributed by atoms with E-state index in [9.17, 15) is 4.39 Å². The maximum Gasteiger partial charge on any atom is 0.136 e. The molecule has 0 bridgehead atoms. The minimum Gasteiger partial charge on any atom is -0.383 e. The minimum absolute atomic E-state index is 0.203. The van der Waals surface area contributed by atoms with Gasteiger partial charge in [-0.15, -0.1) is 0 Å². The minimum atomic E-state index is -0.203. The maximum atomic E-state index is 13.1. The molecule has 110 valence electrons. The van der Waals surface area contributed by atoms with Crippen molar-refractivity contribution in [1.82, 2.24) is 9.97 Å². The van der Waals surface area contributed by atoms with Crippen LogP contribution in [-0.2, 0) is 6.42 Å². The van der Waals surface area contributed by atoms with Crippen molar-refractivity contribution in [1.29, 1.82) is 0 Å². The second kappa shape index (κ2) is 5.68. The number of anilines is 2. The monoisotopic (exact) mass is 286 g/mol. The predicted molar refractivity (Wildman–Crippen MR) is 81.8 cm³/mol. The molecule has 3 N–H and O–H groups in total. The zero-order chi connectivity index (χ0) is 14.8. The molecular formula is C16H19FN4. The number of nitrogens with one attached hydrogen (secondary N) is 1. The Balaban J connectivity index is 1.67. The molecule has 0 radical (unpaired) electrons. The van der Waals surface area contributed by atoms with Crippen molar-refractivity contribution < 1.29 is 4.39 Å². The largest absolute Gasteiger partial charge is 0.383 e. The van der Waals surface area contributed by atoms with Gasteiger partial charge in [0.1, 0.15) is 23.3 Å². The van der Waals surface area contributed by atoms with Gasteiger partial charge in [-0.05, 0) is 43.9 Å². The van der Waals surface area contributed by atoms with Gasteiger partial charge in [0.25, 0.3) is 0 Å². The number of rotatable bonds is 5. The summed E-state index contributed by atoms with van der Waals surface area (Å²) in [5.41, 5.74) is 7.79. The summed E-state index contributed by atoms with van der Waals surface area (Å²) in [6.07, 6.45) is 3.02. The number of nitrogens with two attached hydrogens (primary N) is 1. The van der Waals surface area contributed by atoms with Gasteiger partial charge in [-0.1, -0.05) is 12.1 Å². The van der Waals surface area contributed by atoms with E-state index in [2.05, 4.69) is 15.3 Å². The molecule has 1 aromatic carbocycles. The molecule has 0 unspecified atom stereocenters. The van der Waals surface area contributed by atoms with Crippen molar-refractivity contribution in [3.8, 4) is 0 Å². The summed E-state index contributed by atoms with van der Waals surface area (Å²) in [7, 11) is 0. The Bertz CT molecular complexity index is 653. The van der Waals surface area contributed by atoms with Gasteiger partial charge in [0, 0.05) is 18.0 Å². The lowest BCUT2D eigenvalue weighted by Gasteiger charge is -2.12. The number of halogens is 1. The highest BCUT2D eigenvalue weighted by atomic mass is 19.1. The summed E-state index contributed by atoms with van der Waals surface area (Å²) in [5.74, 6) is 2.44. The first kappa shape index (κ1) is 13.8. The smallest absolute Gasteiger partial charge is 0.136 e. The van der Waals surface area contributed by atoms with Gasteiger partial charge in [0.15, 0.2) is 0 Å². The van der Waals surface area contributed by atoms with Crippen LogP contribution in [0.3, 0.4) is 0 Å². The first-order chi connectivity index (χ1) is 10.1. The SMILES string of the molecule is Cc1c(N)nc(C2CC2)nc1NCCc1cccc(F)c1. The molecule has 4 nitrogen and oxygen atoms in total. The molecule has 0 amide bonds. The molecule has 1 aliphatic carbocycles. The highest BCUT2D eigenvalue weighted by Crippen LogP contribution is 2.39. The summed E-state index contributed by atoms with van der Waals surface area (Å²) in [4.78, 5) is 8.92. The molecule has 0 atom stereocenters. The van der Waals surface area contributed by atoms with Crippen LogP contribution in [0.1, 0.15) is 35.7 Å². The molecule has 1 aromatic heterocycles. The molecule has 5 heteroatoms. The number of aromatic nitrogens is 2. The lowest BCUT2D eigenvalue weighted by Crippen LogP contribution is -2.11. The van der Waals surface area contributed by atoms with Crippen LogP contribution in [0.15, 0.2) is 24.3 Å². The average Bonchev–Trinajstić information content (AvgIpc) is 3.28. The van der Waals surface area contributed by atoms with E-state index in [0.717, 1.165) is 42.0 Å². The van der Waals surface area contributed by atoms with E-state index in [0.29, 0.717) is 18.3 Å². The molecule has 0 aliphatic heterocycles. The Kier molecular flexibility index (Phi) is 3.73. The van der Waals surface area contributed by atoms with Crippen LogP contribution < -0.4 is 11.1 Å². The van der Waals surface area contributed by atoms with Gasteiger partial charge in [-0.2, -0.15) is 0 Å². The van der Waals surface area contributed by atoms with Crippen molar-refractivity contribution in [3.05, 3.63) is 47.0 Å². The van der Waals surface area contributed by atoms with Crippen LogP contribution in [-0.4, -0.2) is 16.5 Å².